The topological polar surface area (TPSA) is 55.8 Å². The van der Waals surface area contributed by atoms with Gasteiger partial charge in [0, 0.05) is 25.7 Å². The summed E-state index contributed by atoms with van der Waals surface area (Å²) in [4.78, 5) is 7.14. The molecule has 0 spiro atoms. The van der Waals surface area contributed by atoms with Crippen LogP contribution in [0.5, 0.6) is 0 Å². The Balaban J connectivity index is 1.99. The molecule has 1 fully saturated rings. The Kier molecular flexibility index (Phi) is 3.89. The number of imidazole rings is 1. The van der Waals surface area contributed by atoms with Gasteiger partial charge in [-0.2, -0.15) is 0 Å². The second-order valence-electron chi connectivity index (χ2n) is 5.20. The Hall–Kier alpha value is -1.59. The molecule has 1 aliphatic heterocycles. The van der Waals surface area contributed by atoms with E-state index in [1.54, 1.807) is 0 Å². The van der Waals surface area contributed by atoms with Crippen molar-refractivity contribution in [1.29, 1.82) is 0 Å². The number of pyridine rings is 1. The van der Waals surface area contributed by atoms with Crippen molar-refractivity contribution in [3.8, 4) is 0 Å². The van der Waals surface area contributed by atoms with Crippen LogP contribution in [-0.2, 0) is 11.2 Å². The third-order valence-corrected chi connectivity index (χ3v) is 3.88. The number of hydrogen-bond acceptors (Lipinski definition) is 4. The highest BCUT2D eigenvalue weighted by Gasteiger charge is 2.24. The van der Waals surface area contributed by atoms with Crippen LogP contribution < -0.4 is 10.6 Å². The molecule has 2 aromatic rings. The van der Waals surface area contributed by atoms with Gasteiger partial charge in [-0.05, 0) is 25.1 Å². The van der Waals surface area contributed by atoms with E-state index in [0.29, 0.717) is 12.6 Å². The molecule has 5 nitrogen and oxygen atoms in total. The van der Waals surface area contributed by atoms with E-state index < -0.39 is 0 Å². The van der Waals surface area contributed by atoms with E-state index in [4.69, 9.17) is 15.5 Å². The van der Waals surface area contributed by atoms with Crippen molar-refractivity contribution in [3.63, 3.8) is 0 Å². The quantitative estimate of drug-likeness (QED) is 0.917. The third kappa shape index (κ3) is 2.39. The summed E-state index contributed by atoms with van der Waals surface area (Å²) in [6.45, 7) is 5.39. The predicted octanol–water partition coefficient (Wildman–Crippen LogP) is 1.45. The Morgan fingerprint density at radius 1 is 1.45 bits per heavy atom. The van der Waals surface area contributed by atoms with Crippen LogP contribution in [0.15, 0.2) is 24.4 Å². The minimum Gasteiger partial charge on any atom is -0.375 e. The van der Waals surface area contributed by atoms with Crippen LogP contribution in [0, 0.1) is 0 Å². The van der Waals surface area contributed by atoms with Gasteiger partial charge in [-0.15, -0.1) is 0 Å². The molecule has 0 radical (unpaired) electrons. The summed E-state index contributed by atoms with van der Waals surface area (Å²) >= 11 is 0. The van der Waals surface area contributed by atoms with Gasteiger partial charge in [-0.1, -0.05) is 13.0 Å². The maximum Gasteiger partial charge on any atom is 0.151 e. The molecule has 0 aliphatic carbocycles. The summed E-state index contributed by atoms with van der Waals surface area (Å²) in [5, 5.41) is 0. The Morgan fingerprint density at radius 2 is 2.35 bits per heavy atom. The molecule has 3 rings (SSSR count). The van der Waals surface area contributed by atoms with Crippen molar-refractivity contribution in [2.45, 2.75) is 25.9 Å². The number of fused-ring (bicyclic) bond motifs is 1. The molecule has 0 amide bonds. The van der Waals surface area contributed by atoms with Gasteiger partial charge in [0.05, 0.1) is 18.4 Å². The molecular weight excluding hydrogens is 252 g/mol. The predicted molar refractivity (Wildman–Crippen MR) is 80.2 cm³/mol. The lowest BCUT2D eigenvalue weighted by atomic mass is 10.2. The van der Waals surface area contributed by atoms with Crippen molar-refractivity contribution in [2.24, 2.45) is 5.73 Å². The normalized spacial score (nSPS) is 19.7. The van der Waals surface area contributed by atoms with Crippen LogP contribution in [0.1, 0.15) is 19.0 Å². The standard InChI is InChI=1S/C15H22N4O/c1-2-12-11-18(9-10-20-12)15-13(6-7-16)19-8-4-3-5-14(19)17-15/h3-5,8,12H,2,6-7,9-11,16H2,1H3. The van der Waals surface area contributed by atoms with Crippen LogP contribution in [-0.4, -0.2) is 41.7 Å². The molecule has 0 saturated carbocycles. The average molecular weight is 274 g/mol. The number of hydrogen-bond donors (Lipinski definition) is 1. The number of aromatic nitrogens is 2. The zero-order chi connectivity index (χ0) is 13.9. The fourth-order valence-corrected chi connectivity index (χ4v) is 2.82. The Morgan fingerprint density at radius 3 is 3.15 bits per heavy atom. The summed E-state index contributed by atoms with van der Waals surface area (Å²) in [5.41, 5.74) is 7.98. The Labute approximate surface area is 119 Å². The van der Waals surface area contributed by atoms with Gasteiger partial charge in [0.25, 0.3) is 0 Å². The number of nitrogens with zero attached hydrogens (tertiary/aromatic N) is 3. The zero-order valence-corrected chi connectivity index (χ0v) is 12.0. The molecule has 5 heteroatoms. The molecule has 0 bridgehead atoms. The summed E-state index contributed by atoms with van der Waals surface area (Å²) in [6.07, 6.45) is 4.25. The lowest BCUT2D eigenvalue weighted by Gasteiger charge is -2.33. The van der Waals surface area contributed by atoms with Crippen molar-refractivity contribution in [3.05, 3.63) is 30.1 Å². The van der Waals surface area contributed by atoms with Crippen LogP contribution >= 0.6 is 0 Å². The molecule has 0 aromatic carbocycles. The second kappa shape index (κ2) is 5.81. The second-order valence-corrected chi connectivity index (χ2v) is 5.20. The molecular formula is C15H22N4O. The smallest absolute Gasteiger partial charge is 0.151 e. The van der Waals surface area contributed by atoms with Gasteiger partial charge < -0.3 is 19.8 Å². The van der Waals surface area contributed by atoms with E-state index in [9.17, 15) is 0 Å². The molecule has 1 unspecified atom stereocenters. The zero-order valence-electron chi connectivity index (χ0n) is 12.0. The monoisotopic (exact) mass is 274 g/mol. The first-order chi connectivity index (χ1) is 9.83. The van der Waals surface area contributed by atoms with Crippen molar-refractivity contribution >= 4 is 11.5 Å². The number of morpholine rings is 1. The fourth-order valence-electron chi connectivity index (χ4n) is 2.82. The molecule has 20 heavy (non-hydrogen) atoms. The molecule has 2 aromatic heterocycles. The van der Waals surface area contributed by atoms with Gasteiger partial charge >= 0.3 is 0 Å². The number of ether oxygens (including phenoxy) is 1. The molecule has 3 heterocycles. The van der Waals surface area contributed by atoms with Gasteiger partial charge in [0.1, 0.15) is 5.65 Å². The summed E-state index contributed by atoms with van der Waals surface area (Å²) in [6, 6.07) is 6.10. The van der Waals surface area contributed by atoms with Crippen LogP contribution in [0.4, 0.5) is 5.82 Å². The first-order valence-electron chi connectivity index (χ1n) is 7.36. The van der Waals surface area contributed by atoms with Crippen molar-refractivity contribution in [2.75, 3.05) is 31.1 Å². The molecule has 1 atom stereocenters. The average Bonchev–Trinajstić information content (AvgIpc) is 2.87. The largest absolute Gasteiger partial charge is 0.375 e. The fraction of sp³-hybridized carbons (Fsp3) is 0.533. The highest BCUT2D eigenvalue weighted by molar-refractivity contribution is 5.56. The van der Waals surface area contributed by atoms with E-state index in [0.717, 1.165) is 44.0 Å². The lowest BCUT2D eigenvalue weighted by Crippen LogP contribution is -2.42. The summed E-state index contributed by atoms with van der Waals surface area (Å²) < 4.78 is 7.90. The van der Waals surface area contributed by atoms with Crippen LogP contribution in [0.3, 0.4) is 0 Å². The number of nitrogens with two attached hydrogens (primary N) is 1. The highest BCUT2D eigenvalue weighted by Crippen LogP contribution is 2.24. The van der Waals surface area contributed by atoms with Gasteiger partial charge in [-0.3, -0.25) is 0 Å². The maximum absolute atomic E-state index is 5.78. The number of rotatable bonds is 4. The van der Waals surface area contributed by atoms with E-state index in [2.05, 4.69) is 22.4 Å². The molecule has 1 saturated heterocycles. The highest BCUT2D eigenvalue weighted by atomic mass is 16.5. The van der Waals surface area contributed by atoms with Gasteiger partial charge in [-0.25, -0.2) is 4.98 Å². The van der Waals surface area contributed by atoms with E-state index in [-0.39, 0.29) is 0 Å². The lowest BCUT2D eigenvalue weighted by molar-refractivity contribution is 0.0381. The van der Waals surface area contributed by atoms with E-state index >= 15 is 0 Å². The Bertz CT molecular complexity index is 580. The SMILES string of the molecule is CCC1CN(c2nc3ccccn3c2CCN)CCO1. The first-order valence-corrected chi connectivity index (χ1v) is 7.36. The molecule has 1 aliphatic rings. The van der Waals surface area contributed by atoms with Crippen LogP contribution in [0.2, 0.25) is 0 Å². The minimum absolute atomic E-state index is 0.305. The van der Waals surface area contributed by atoms with E-state index in [1.807, 2.05) is 18.2 Å². The minimum atomic E-state index is 0.305. The molecule has 2 N–H and O–H groups in total. The number of anilines is 1. The van der Waals surface area contributed by atoms with Gasteiger partial charge in [0.2, 0.25) is 0 Å². The van der Waals surface area contributed by atoms with Gasteiger partial charge in [0.15, 0.2) is 5.82 Å². The van der Waals surface area contributed by atoms with E-state index in [1.165, 1.54) is 5.69 Å². The third-order valence-electron chi connectivity index (χ3n) is 3.88. The van der Waals surface area contributed by atoms with Crippen LogP contribution in [0.25, 0.3) is 5.65 Å². The first kappa shape index (κ1) is 13.4. The van der Waals surface area contributed by atoms with Crippen molar-refractivity contribution < 1.29 is 4.74 Å². The summed E-state index contributed by atoms with van der Waals surface area (Å²) in [5.74, 6) is 1.07. The maximum atomic E-state index is 5.78. The van der Waals surface area contributed by atoms with Crippen molar-refractivity contribution in [1.82, 2.24) is 9.38 Å². The summed E-state index contributed by atoms with van der Waals surface area (Å²) in [7, 11) is 0. The molecule has 108 valence electrons.